The Kier molecular flexibility index (Phi) is 2.62. The summed E-state index contributed by atoms with van der Waals surface area (Å²) < 4.78 is 10.4. The summed E-state index contributed by atoms with van der Waals surface area (Å²) in [4.78, 5) is 24.7. The molecule has 1 aromatic rings. The molecule has 0 N–H and O–H groups in total. The van der Waals surface area contributed by atoms with Crippen LogP contribution in [0.25, 0.3) is 0 Å². The van der Waals surface area contributed by atoms with E-state index in [1.54, 1.807) is 35.9 Å². The quantitative estimate of drug-likeness (QED) is 0.611. The fourth-order valence-corrected chi connectivity index (χ4v) is 4.08. The van der Waals surface area contributed by atoms with E-state index < -0.39 is 10.9 Å². The Hall–Kier alpha value is -1.43. The zero-order chi connectivity index (χ0) is 12.8. The van der Waals surface area contributed by atoms with Crippen molar-refractivity contribution in [1.82, 2.24) is 4.90 Å². The third-order valence-corrected chi connectivity index (χ3v) is 4.81. The van der Waals surface area contributed by atoms with Gasteiger partial charge < -0.3 is 14.1 Å². The molecule has 0 bridgehead atoms. The van der Waals surface area contributed by atoms with E-state index in [1.807, 2.05) is 6.07 Å². The first-order valence-corrected chi connectivity index (χ1v) is 6.84. The maximum absolute atomic E-state index is 11.8. The highest BCUT2D eigenvalue weighted by molar-refractivity contribution is 8.00. The Morgan fingerprint density at radius 3 is 3.17 bits per heavy atom. The number of hydrogen-bond donors (Lipinski definition) is 0. The van der Waals surface area contributed by atoms with Gasteiger partial charge in [0, 0.05) is 5.75 Å². The maximum atomic E-state index is 11.8. The lowest BCUT2D eigenvalue weighted by Gasteiger charge is -2.46. The lowest BCUT2D eigenvalue weighted by molar-refractivity contribution is -0.165. The van der Waals surface area contributed by atoms with Gasteiger partial charge in [0.05, 0.1) is 19.3 Å². The van der Waals surface area contributed by atoms with Crippen LogP contribution in [-0.4, -0.2) is 35.2 Å². The van der Waals surface area contributed by atoms with Gasteiger partial charge in [0.2, 0.25) is 5.91 Å². The summed E-state index contributed by atoms with van der Waals surface area (Å²) >= 11 is 1.57. The normalized spacial score (nSPS) is 29.9. The van der Waals surface area contributed by atoms with Crippen LogP contribution >= 0.6 is 11.8 Å². The molecule has 2 atom stereocenters. The van der Waals surface area contributed by atoms with Crippen LogP contribution in [0.5, 0.6) is 0 Å². The highest BCUT2D eigenvalue weighted by Crippen LogP contribution is 2.56. The van der Waals surface area contributed by atoms with Crippen molar-refractivity contribution in [2.75, 3.05) is 12.4 Å². The minimum absolute atomic E-state index is 0.0190. The van der Waals surface area contributed by atoms with Crippen LogP contribution in [0.2, 0.25) is 0 Å². The second kappa shape index (κ2) is 4.05. The van der Waals surface area contributed by atoms with Crippen LogP contribution < -0.4 is 0 Å². The third-order valence-electron chi connectivity index (χ3n) is 3.31. The van der Waals surface area contributed by atoms with Crippen LogP contribution in [-0.2, 0) is 19.2 Å². The highest BCUT2D eigenvalue weighted by Gasteiger charge is 2.63. The topological polar surface area (TPSA) is 59.8 Å². The molecule has 2 fully saturated rings. The van der Waals surface area contributed by atoms with Crippen molar-refractivity contribution < 1.29 is 18.7 Å². The van der Waals surface area contributed by atoms with E-state index in [-0.39, 0.29) is 11.9 Å². The van der Waals surface area contributed by atoms with E-state index in [2.05, 4.69) is 0 Å². The van der Waals surface area contributed by atoms with E-state index in [9.17, 15) is 9.59 Å². The second-order valence-electron chi connectivity index (χ2n) is 4.28. The first kappa shape index (κ1) is 11.6. The first-order chi connectivity index (χ1) is 8.69. The fourth-order valence-electron chi connectivity index (χ4n) is 2.51. The van der Waals surface area contributed by atoms with Crippen molar-refractivity contribution in [2.24, 2.45) is 0 Å². The minimum atomic E-state index is -0.488. The number of nitrogens with zero attached hydrogens (tertiary/aromatic N) is 1. The number of fused-ring (bicyclic) bond motifs is 1. The molecule has 0 unspecified atom stereocenters. The number of β-lactam (4-membered cyclic amide) rings is 1. The van der Waals surface area contributed by atoms with Crippen molar-refractivity contribution >= 4 is 23.6 Å². The average molecular weight is 267 g/mol. The summed E-state index contributed by atoms with van der Waals surface area (Å²) in [5.41, 5.74) is 0. The van der Waals surface area contributed by atoms with E-state index in [1.165, 1.54) is 0 Å². The Bertz CT molecular complexity index is 486. The van der Waals surface area contributed by atoms with Crippen LogP contribution in [0.4, 0.5) is 0 Å². The molecule has 2 aliphatic heterocycles. The van der Waals surface area contributed by atoms with Gasteiger partial charge in [0.1, 0.15) is 11.8 Å². The Balaban J connectivity index is 1.88. The van der Waals surface area contributed by atoms with E-state index in [0.29, 0.717) is 18.8 Å². The predicted octanol–water partition coefficient (Wildman–Crippen LogP) is 1.34. The number of esters is 1. The molecule has 2 saturated heterocycles. The van der Waals surface area contributed by atoms with E-state index in [4.69, 9.17) is 9.15 Å². The van der Waals surface area contributed by atoms with Gasteiger partial charge in [-0.2, -0.15) is 0 Å². The molecule has 5 nitrogen and oxygen atoms in total. The Labute approximate surface area is 108 Å². The first-order valence-electron chi connectivity index (χ1n) is 5.86. The molecule has 0 radical (unpaired) electrons. The Morgan fingerprint density at radius 1 is 1.72 bits per heavy atom. The minimum Gasteiger partial charge on any atom is -0.466 e. The number of thioether (sulfide) groups is 1. The van der Waals surface area contributed by atoms with Gasteiger partial charge in [-0.15, -0.1) is 11.8 Å². The monoisotopic (exact) mass is 267 g/mol. The zero-order valence-corrected chi connectivity index (χ0v) is 10.7. The van der Waals surface area contributed by atoms with E-state index in [0.717, 1.165) is 5.76 Å². The lowest BCUT2D eigenvalue weighted by atomic mass is 9.96. The molecule has 6 heteroatoms. The lowest BCUT2D eigenvalue weighted by Crippen LogP contribution is -2.60. The van der Waals surface area contributed by atoms with Gasteiger partial charge >= 0.3 is 5.97 Å². The molecule has 3 rings (SSSR count). The number of ether oxygens (including phenoxy) is 1. The predicted molar refractivity (Wildman–Crippen MR) is 64.7 cm³/mol. The third kappa shape index (κ3) is 1.41. The van der Waals surface area contributed by atoms with Crippen molar-refractivity contribution in [1.29, 1.82) is 0 Å². The molecule has 18 heavy (non-hydrogen) atoms. The molecule has 2 aliphatic rings. The highest BCUT2D eigenvalue weighted by atomic mass is 32.2. The molecule has 0 aliphatic carbocycles. The average Bonchev–Trinajstić information content (AvgIpc) is 2.93. The van der Waals surface area contributed by atoms with Gasteiger partial charge in [-0.05, 0) is 19.1 Å². The number of hydrogen-bond acceptors (Lipinski definition) is 5. The van der Waals surface area contributed by atoms with Crippen molar-refractivity contribution in [3.63, 3.8) is 0 Å². The van der Waals surface area contributed by atoms with E-state index >= 15 is 0 Å². The number of rotatable bonds is 3. The molecule has 0 spiro atoms. The molecule has 1 aromatic heterocycles. The zero-order valence-electron chi connectivity index (χ0n) is 9.92. The van der Waals surface area contributed by atoms with Gasteiger partial charge in [-0.25, -0.2) is 4.79 Å². The smallest absolute Gasteiger partial charge is 0.329 e. The van der Waals surface area contributed by atoms with Gasteiger partial charge in [0.15, 0.2) is 4.87 Å². The van der Waals surface area contributed by atoms with Gasteiger partial charge in [-0.3, -0.25) is 4.79 Å². The Morgan fingerprint density at radius 2 is 2.56 bits per heavy atom. The molecular formula is C12H13NO4S. The van der Waals surface area contributed by atoms with Crippen molar-refractivity contribution in [3.8, 4) is 0 Å². The fraction of sp³-hybridized carbons (Fsp3) is 0.500. The summed E-state index contributed by atoms with van der Waals surface area (Å²) in [7, 11) is 0. The van der Waals surface area contributed by atoms with Gasteiger partial charge in [0.25, 0.3) is 0 Å². The maximum Gasteiger partial charge on any atom is 0.329 e. The molecule has 96 valence electrons. The summed E-state index contributed by atoms with van der Waals surface area (Å²) in [6.45, 7) is 2.09. The van der Waals surface area contributed by atoms with Crippen LogP contribution in [0.15, 0.2) is 22.8 Å². The summed E-state index contributed by atoms with van der Waals surface area (Å²) in [6.07, 6.45) is 1.98. The molecule has 0 aromatic carbocycles. The van der Waals surface area contributed by atoms with Gasteiger partial charge in [-0.1, -0.05) is 0 Å². The molecule has 3 heterocycles. The summed E-state index contributed by atoms with van der Waals surface area (Å²) in [5, 5.41) is 0. The SMILES string of the molecule is CCOC(=O)[C@@H]1CS[C@]2(c3ccco3)CC(=O)N12. The summed E-state index contributed by atoms with van der Waals surface area (Å²) in [6, 6.07) is 3.16. The van der Waals surface area contributed by atoms with Crippen molar-refractivity contribution in [2.45, 2.75) is 24.3 Å². The molecular weight excluding hydrogens is 254 g/mol. The number of amides is 1. The number of carbonyl (C=O) groups excluding carboxylic acids is 2. The van der Waals surface area contributed by atoms with Crippen LogP contribution in [0, 0.1) is 0 Å². The molecule has 0 saturated carbocycles. The largest absolute Gasteiger partial charge is 0.466 e. The van der Waals surface area contributed by atoms with Crippen LogP contribution in [0.1, 0.15) is 19.1 Å². The molecule has 1 amide bonds. The van der Waals surface area contributed by atoms with Crippen LogP contribution in [0.3, 0.4) is 0 Å². The van der Waals surface area contributed by atoms with Crippen molar-refractivity contribution in [3.05, 3.63) is 24.2 Å². The number of carbonyl (C=O) groups is 2. The summed E-state index contributed by atoms with van der Waals surface area (Å²) in [5.74, 6) is 0.950. The second-order valence-corrected chi connectivity index (χ2v) is 5.58. The standard InChI is InChI=1S/C12H13NO4S/c1-2-16-11(15)8-7-18-12(6-10(14)13(8)12)9-4-3-5-17-9/h3-5,8H,2,6-7H2,1H3/t8-,12-/m0/s1. The number of furan rings is 1.